The molecule has 0 saturated carbocycles. The van der Waals surface area contributed by atoms with Gasteiger partial charge in [-0.1, -0.05) is 57.2 Å². The molecule has 0 aliphatic carbocycles. The number of aliphatic hydroxyl groups excluding tert-OH is 1. The number of benzene rings is 3. The molecule has 3 rings (SSSR count). The Hall–Kier alpha value is -2.78. The first kappa shape index (κ1) is 21.9. The van der Waals surface area contributed by atoms with Gasteiger partial charge in [0, 0.05) is 0 Å². The van der Waals surface area contributed by atoms with Gasteiger partial charge in [0.05, 0.1) is 0 Å². The fourth-order valence-electron chi connectivity index (χ4n) is 3.14. The van der Waals surface area contributed by atoms with Crippen LogP contribution in [0, 0.1) is 0 Å². The zero-order chi connectivity index (χ0) is 21.9. The van der Waals surface area contributed by atoms with E-state index in [4.69, 9.17) is 9.47 Å². The van der Waals surface area contributed by atoms with Gasteiger partial charge >= 0.3 is 0 Å². The molecule has 158 valence electrons. The second-order valence-electron chi connectivity index (χ2n) is 9.63. The first-order valence-corrected chi connectivity index (χ1v) is 10.4. The van der Waals surface area contributed by atoms with Gasteiger partial charge in [-0.3, -0.25) is 0 Å². The molecule has 1 unspecified atom stereocenters. The lowest BCUT2D eigenvalue weighted by Crippen LogP contribution is -2.22. The van der Waals surface area contributed by atoms with E-state index in [0.29, 0.717) is 0 Å². The zero-order valence-electron chi connectivity index (χ0n) is 18.8. The van der Waals surface area contributed by atoms with Crippen LogP contribution in [0.5, 0.6) is 17.2 Å². The van der Waals surface area contributed by atoms with Gasteiger partial charge < -0.3 is 14.6 Å². The van der Waals surface area contributed by atoms with Crippen LogP contribution in [0.3, 0.4) is 0 Å². The van der Waals surface area contributed by atoms with E-state index in [1.165, 1.54) is 5.56 Å². The fourth-order valence-corrected chi connectivity index (χ4v) is 3.14. The Labute approximate surface area is 180 Å². The molecule has 0 aliphatic heterocycles. The normalized spacial score (nSPS) is 13.0. The smallest absolute Gasteiger partial charge is 0.127 e. The van der Waals surface area contributed by atoms with Gasteiger partial charge in [0.1, 0.15) is 29.0 Å². The molecule has 0 spiro atoms. The van der Waals surface area contributed by atoms with E-state index in [-0.39, 0.29) is 11.0 Å². The summed E-state index contributed by atoms with van der Waals surface area (Å²) in [5.74, 6) is 2.27. The lowest BCUT2D eigenvalue weighted by Gasteiger charge is -2.21. The summed E-state index contributed by atoms with van der Waals surface area (Å²) in [6, 6.07) is 23.3. The van der Waals surface area contributed by atoms with E-state index >= 15 is 0 Å². The van der Waals surface area contributed by atoms with Crippen LogP contribution in [0.2, 0.25) is 0 Å². The standard InChI is InChI=1S/C27H32O3/c1-26(2,3)21-11-7-19(8-12-21)25(28)20-9-13-22(14-10-20)29-23-15-17-24(18-16-23)30-27(4,5)6/h7-18,25,28H,1-6H3. The molecule has 0 amide bonds. The van der Waals surface area contributed by atoms with Gasteiger partial charge in [0.15, 0.2) is 0 Å². The molecule has 0 aliphatic rings. The summed E-state index contributed by atoms with van der Waals surface area (Å²) in [5.41, 5.74) is 2.83. The molecule has 1 atom stereocenters. The van der Waals surface area contributed by atoms with Crippen LogP contribution in [0.1, 0.15) is 64.3 Å². The van der Waals surface area contributed by atoms with Gasteiger partial charge in [0.2, 0.25) is 0 Å². The van der Waals surface area contributed by atoms with Crippen molar-refractivity contribution in [2.75, 3.05) is 0 Å². The molecule has 3 nitrogen and oxygen atoms in total. The Kier molecular flexibility index (Phi) is 6.23. The van der Waals surface area contributed by atoms with Crippen molar-refractivity contribution in [3.05, 3.63) is 89.5 Å². The number of rotatable bonds is 5. The first-order valence-electron chi connectivity index (χ1n) is 10.4. The average Bonchev–Trinajstić information content (AvgIpc) is 2.68. The van der Waals surface area contributed by atoms with Gasteiger partial charge in [-0.2, -0.15) is 0 Å². The molecular formula is C27H32O3. The molecule has 0 heterocycles. The third-order valence-corrected chi connectivity index (χ3v) is 4.77. The van der Waals surface area contributed by atoms with E-state index in [9.17, 15) is 5.11 Å². The Bertz CT molecular complexity index is 941. The van der Waals surface area contributed by atoms with Crippen molar-refractivity contribution in [2.24, 2.45) is 0 Å². The summed E-state index contributed by atoms with van der Waals surface area (Å²) in [6.07, 6.45) is -0.665. The molecule has 3 aromatic rings. The van der Waals surface area contributed by atoms with Crippen molar-refractivity contribution < 1.29 is 14.6 Å². The minimum Gasteiger partial charge on any atom is -0.488 e. The van der Waals surface area contributed by atoms with E-state index in [1.807, 2.05) is 81.4 Å². The minimum atomic E-state index is -0.665. The highest BCUT2D eigenvalue weighted by Crippen LogP contribution is 2.29. The topological polar surface area (TPSA) is 38.7 Å². The number of aliphatic hydroxyl groups is 1. The molecule has 0 aromatic heterocycles. The number of ether oxygens (including phenoxy) is 2. The van der Waals surface area contributed by atoms with Crippen molar-refractivity contribution in [2.45, 2.75) is 58.7 Å². The van der Waals surface area contributed by atoms with E-state index in [0.717, 1.165) is 28.4 Å². The lowest BCUT2D eigenvalue weighted by atomic mass is 9.86. The molecule has 0 fully saturated rings. The summed E-state index contributed by atoms with van der Waals surface area (Å²) in [5, 5.41) is 10.7. The number of hydrogen-bond donors (Lipinski definition) is 1. The average molecular weight is 405 g/mol. The van der Waals surface area contributed by atoms with Crippen LogP contribution >= 0.6 is 0 Å². The van der Waals surface area contributed by atoms with E-state index in [1.54, 1.807) is 0 Å². The predicted molar refractivity (Wildman–Crippen MR) is 123 cm³/mol. The molecule has 0 saturated heterocycles. The Balaban J connectivity index is 1.66. The zero-order valence-corrected chi connectivity index (χ0v) is 18.8. The second-order valence-corrected chi connectivity index (χ2v) is 9.63. The van der Waals surface area contributed by atoms with Crippen LogP contribution in [-0.4, -0.2) is 10.7 Å². The van der Waals surface area contributed by atoms with Gasteiger partial charge in [-0.25, -0.2) is 0 Å². The summed E-state index contributed by atoms with van der Waals surface area (Å²) >= 11 is 0. The van der Waals surface area contributed by atoms with Crippen LogP contribution in [0.25, 0.3) is 0 Å². The summed E-state index contributed by atoms with van der Waals surface area (Å²) in [6.45, 7) is 12.6. The van der Waals surface area contributed by atoms with Crippen molar-refractivity contribution >= 4 is 0 Å². The predicted octanol–water partition coefficient (Wildman–Crippen LogP) is 7.04. The summed E-state index contributed by atoms with van der Waals surface area (Å²) in [4.78, 5) is 0. The van der Waals surface area contributed by atoms with Crippen molar-refractivity contribution in [3.63, 3.8) is 0 Å². The highest BCUT2D eigenvalue weighted by atomic mass is 16.5. The largest absolute Gasteiger partial charge is 0.488 e. The van der Waals surface area contributed by atoms with Crippen molar-refractivity contribution in [1.82, 2.24) is 0 Å². The lowest BCUT2D eigenvalue weighted by molar-refractivity contribution is 0.131. The quantitative estimate of drug-likeness (QED) is 0.496. The van der Waals surface area contributed by atoms with Crippen LogP contribution in [0.4, 0.5) is 0 Å². The Morgan fingerprint density at radius 3 is 1.43 bits per heavy atom. The molecule has 30 heavy (non-hydrogen) atoms. The van der Waals surface area contributed by atoms with Crippen LogP contribution in [-0.2, 0) is 5.41 Å². The maximum Gasteiger partial charge on any atom is 0.127 e. The first-order chi connectivity index (χ1) is 14.0. The minimum absolute atomic E-state index is 0.0968. The van der Waals surface area contributed by atoms with Gasteiger partial charge in [-0.05, 0) is 79.3 Å². The third-order valence-electron chi connectivity index (χ3n) is 4.77. The molecular weight excluding hydrogens is 372 g/mol. The van der Waals surface area contributed by atoms with Crippen molar-refractivity contribution in [3.8, 4) is 17.2 Å². The third kappa shape index (κ3) is 5.87. The molecule has 3 aromatic carbocycles. The summed E-state index contributed by atoms with van der Waals surface area (Å²) < 4.78 is 11.8. The fraction of sp³-hybridized carbons (Fsp3) is 0.333. The molecule has 0 radical (unpaired) electrons. The summed E-state index contributed by atoms with van der Waals surface area (Å²) in [7, 11) is 0. The van der Waals surface area contributed by atoms with E-state index < -0.39 is 6.10 Å². The molecule has 1 N–H and O–H groups in total. The van der Waals surface area contributed by atoms with Gasteiger partial charge in [-0.15, -0.1) is 0 Å². The number of hydrogen-bond acceptors (Lipinski definition) is 3. The van der Waals surface area contributed by atoms with Crippen LogP contribution in [0.15, 0.2) is 72.8 Å². The van der Waals surface area contributed by atoms with E-state index in [2.05, 4.69) is 32.9 Å². The Morgan fingerprint density at radius 2 is 1.00 bits per heavy atom. The maximum atomic E-state index is 10.7. The highest BCUT2D eigenvalue weighted by Gasteiger charge is 2.16. The molecule has 0 bridgehead atoms. The molecule has 3 heteroatoms. The SMILES string of the molecule is CC(C)(C)Oc1ccc(Oc2ccc(C(O)c3ccc(C(C)(C)C)cc3)cc2)cc1. The van der Waals surface area contributed by atoms with Crippen molar-refractivity contribution in [1.29, 1.82) is 0 Å². The van der Waals surface area contributed by atoms with Crippen LogP contribution < -0.4 is 9.47 Å². The second kappa shape index (κ2) is 8.53. The monoisotopic (exact) mass is 404 g/mol. The maximum absolute atomic E-state index is 10.7. The van der Waals surface area contributed by atoms with Gasteiger partial charge in [0.25, 0.3) is 0 Å². The Morgan fingerprint density at radius 1 is 0.600 bits per heavy atom. The highest BCUT2D eigenvalue weighted by molar-refractivity contribution is 5.39.